The average Bonchev–Trinajstić information content (AvgIpc) is 2.46. The number of carbonyl (C=O) groups excluding carboxylic acids is 1. The molecule has 0 bridgehead atoms. The Morgan fingerprint density at radius 1 is 1.41 bits per heavy atom. The molecule has 1 fully saturated rings. The second-order valence-corrected chi connectivity index (χ2v) is 8.49. The molecular formula is C15H21ClN2O3S. The van der Waals surface area contributed by atoms with Crippen LogP contribution in [0.5, 0.6) is 0 Å². The number of nitrogens with zero attached hydrogens (tertiary/aromatic N) is 1. The third-order valence-electron chi connectivity index (χ3n) is 3.97. The number of amides is 1. The summed E-state index contributed by atoms with van der Waals surface area (Å²) in [5.74, 6) is -0.437. The van der Waals surface area contributed by atoms with Crippen LogP contribution >= 0.6 is 11.6 Å². The minimum Gasteiger partial charge on any atom is -0.368 e. The third kappa shape index (κ3) is 4.14. The number of benzene rings is 1. The van der Waals surface area contributed by atoms with E-state index < -0.39 is 21.0 Å². The maximum Gasteiger partial charge on any atom is 0.238 e. The van der Waals surface area contributed by atoms with E-state index in [2.05, 4.69) is 10.2 Å². The van der Waals surface area contributed by atoms with Crippen molar-refractivity contribution in [3.63, 3.8) is 0 Å². The minimum atomic E-state index is -3.37. The molecule has 0 aliphatic carbocycles. The number of sulfone groups is 1. The monoisotopic (exact) mass is 344 g/mol. The number of rotatable bonds is 4. The van der Waals surface area contributed by atoms with E-state index in [-0.39, 0.29) is 6.04 Å². The number of halogens is 1. The highest BCUT2D eigenvalue weighted by atomic mass is 35.5. The summed E-state index contributed by atoms with van der Waals surface area (Å²) < 4.78 is 22.9. The largest absolute Gasteiger partial charge is 0.368 e. The number of nitrogens with one attached hydrogen (secondary N) is 1. The van der Waals surface area contributed by atoms with Crippen LogP contribution in [-0.4, -0.2) is 45.0 Å². The Morgan fingerprint density at radius 2 is 2.09 bits per heavy atom. The van der Waals surface area contributed by atoms with Crippen LogP contribution in [0.3, 0.4) is 0 Å². The standard InChI is InChI=1S/C15H21ClN2O3S/c1-11(22(2,20)21)15(19)17-12-6-5-9-18(10-12)14-8-4-3-7-13(14)16/h3-4,7-8,11-12H,5-6,9-10H2,1-2H3,(H,17,19)/t11-,12-/m0/s1. The first-order valence-corrected chi connectivity index (χ1v) is 9.61. The molecule has 0 spiro atoms. The van der Waals surface area contributed by atoms with Crippen LogP contribution in [-0.2, 0) is 14.6 Å². The van der Waals surface area contributed by atoms with E-state index in [1.807, 2.05) is 24.3 Å². The van der Waals surface area contributed by atoms with Gasteiger partial charge >= 0.3 is 0 Å². The van der Waals surface area contributed by atoms with Crippen molar-refractivity contribution in [3.05, 3.63) is 29.3 Å². The van der Waals surface area contributed by atoms with Crippen molar-refractivity contribution in [2.75, 3.05) is 24.2 Å². The van der Waals surface area contributed by atoms with Crippen LogP contribution < -0.4 is 10.2 Å². The third-order valence-corrected chi connectivity index (χ3v) is 5.79. The van der Waals surface area contributed by atoms with E-state index >= 15 is 0 Å². The zero-order valence-electron chi connectivity index (χ0n) is 12.8. The predicted octanol–water partition coefficient (Wildman–Crippen LogP) is 1.86. The fourth-order valence-electron chi connectivity index (χ4n) is 2.53. The first-order chi connectivity index (χ1) is 10.3. The maximum atomic E-state index is 12.0. The van der Waals surface area contributed by atoms with Gasteiger partial charge in [0.2, 0.25) is 5.91 Å². The summed E-state index contributed by atoms with van der Waals surface area (Å²) >= 11 is 6.21. The molecule has 1 aromatic carbocycles. The maximum absolute atomic E-state index is 12.0. The Balaban J connectivity index is 2.03. The molecule has 1 aromatic rings. The van der Waals surface area contributed by atoms with Gasteiger partial charge in [0.15, 0.2) is 9.84 Å². The van der Waals surface area contributed by atoms with E-state index in [9.17, 15) is 13.2 Å². The predicted molar refractivity (Wildman–Crippen MR) is 89.1 cm³/mol. The minimum absolute atomic E-state index is 0.0678. The molecule has 122 valence electrons. The van der Waals surface area contributed by atoms with Crippen LogP contribution in [0.15, 0.2) is 24.3 Å². The first-order valence-electron chi connectivity index (χ1n) is 7.27. The molecule has 5 nitrogen and oxygen atoms in total. The van der Waals surface area contributed by atoms with Gasteiger partial charge < -0.3 is 10.2 Å². The van der Waals surface area contributed by atoms with Gasteiger partial charge in [-0.15, -0.1) is 0 Å². The van der Waals surface area contributed by atoms with Crippen molar-refractivity contribution in [1.82, 2.24) is 5.32 Å². The normalized spacial score (nSPS) is 20.5. The molecule has 0 aromatic heterocycles. The van der Waals surface area contributed by atoms with Crippen molar-refractivity contribution >= 4 is 33.0 Å². The molecule has 1 aliphatic heterocycles. The summed E-state index contributed by atoms with van der Waals surface area (Å²) in [6.07, 6.45) is 2.83. The van der Waals surface area contributed by atoms with Gasteiger partial charge in [0.1, 0.15) is 5.25 Å². The molecule has 1 N–H and O–H groups in total. The number of para-hydroxylation sites is 1. The Kier molecular flexibility index (Phi) is 5.34. The first kappa shape index (κ1) is 17.1. The second kappa shape index (κ2) is 6.87. The van der Waals surface area contributed by atoms with E-state index in [0.717, 1.165) is 31.3 Å². The number of anilines is 1. The van der Waals surface area contributed by atoms with Gasteiger partial charge in [0.05, 0.1) is 10.7 Å². The number of hydrogen-bond acceptors (Lipinski definition) is 4. The lowest BCUT2D eigenvalue weighted by molar-refractivity contribution is -0.121. The van der Waals surface area contributed by atoms with Crippen LogP contribution in [0.4, 0.5) is 5.69 Å². The summed E-state index contributed by atoms with van der Waals surface area (Å²) in [7, 11) is -3.37. The topological polar surface area (TPSA) is 66.5 Å². The van der Waals surface area contributed by atoms with Gasteiger partial charge in [-0.3, -0.25) is 4.79 Å². The highest BCUT2D eigenvalue weighted by molar-refractivity contribution is 7.92. The Bertz CT molecular complexity index is 648. The van der Waals surface area contributed by atoms with Gasteiger partial charge in [0, 0.05) is 25.4 Å². The van der Waals surface area contributed by atoms with Crippen LogP contribution in [0, 0.1) is 0 Å². The van der Waals surface area contributed by atoms with Crippen LogP contribution in [0.25, 0.3) is 0 Å². The number of piperidine rings is 1. The summed E-state index contributed by atoms with van der Waals surface area (Å²) in [6, 6.07) is 7.52. The molecule has 22 heavy (non-hydrogen) atoms. The molecule has 0 radical (unpaired) electrons. The fraction of sp³-hybridized carbons (Fsp3) is 0.533. The van der Waals surface area contributed by atoms with Crippen molar-refractivity contribution < 1.29 is 13.2 Å². The molecule has 7 heteroatoms. The lowest BCUT2D eigenvalue weighted by atomic mass is 10.0. The van der Waals surface area contributed by atoms with Gasteiger partial charge in [-0.2, -0.15) is 0 Å². The Morgan fingerprint density at radius 3 is 2.73 bits per heavy atom. The molecule has 1 heterocycles. The summed E-state index contributed by atoms with van der Waals surface area (Å²) in [5, 5.41) is 2.50. The molecule has 1 amide bonds. The molecule has 1 aliphatic rings. The van der Waals surface area contributed by atoms with E-state index in [1.165, 1.54) is 6.92 Å². The van der Waals surface area contributed by atoms with E-state index in [4.69, 9.17) is 11.6 Å². The zero-order valence-corrected chi connectivity index (χ0v) is 14.3. The lowest BCUT2D eigenvalue weighted by Crippen LogP contribution is -2.51. The van der Waals surface area contributed by atoms with Crippen LogP contribution in [0.1, 0.15) is 19.8 Å². The molecule has 2 atom stereocenters. The van der Waals surface area contributed by atoms with Gasteiger partial charge in [-0.1, -0.05) is 23.7 Å². The van der Waals surface area contributed by atoms with Gasteiger partial charge in [-0.25, -0.2) is 8.42 Å². The summed E-state index contributed by atoms with van der Waals surface area (Å²) in [4.78, 5) is 14.2. The van der Waals surface area contributed by atoms with E-state index in [1.54, 1.807) is 0 Å². The molecular weight excluding hydrogens is 324 g/mol. The van der Waals surface area contributed by atoms with Crippen molar-refractivity contribution in [2.24, 2.45) is 0 Å². The van der Waals surface area contributed by atoms with Crippen molar-refractivity contribution in [2.45, 2.75) is 31.1 Å². The van der Waals surface area contributed by atoms with Crippen LogP contribution in [0.2, 0.25) is 5.02 Å². The highest BCUT2D eigenvalue weighted by Gasteiger charge is 2.28. The second-order valence-electron chi connectivity index (χ2n) is 5.72. The summed E-state index contributed by atoms with van der Waals surface area (Å²) in [5.41, 5.74) is 0.944. The fourth-order valence-corrected chi connectivity index (χ4v) is 3.25. The SMILES string of the molecule is C[C@@H](C(=O)N[C@H]1CCCN(c2ccccc2Cl)C1)S(C)(=O)=O. The van der Waals surface area contributed by atoms with E-state index in [0.29, 0.717) is 11.6 Å². The summed E-state index contributed by atoms with van der Waals surface area (Å²) in [6.45, 7) is 2.92. The van der Waals surface area contributed by atoms with Gasteiger partial charge in [-0.05, 0) is 31.9 Å². The quantitative estimate of drug-likeness (QED) is 0.905. The molecule has 0 saturated carbocycles. The smallest absolute Gasteiger partial charge is 0.238 e. The molecule has 1 saturated heterocycles. The zero-order chi connectivity index (χ0) is 16.3. The molecule has 2 rings (SSSR count). The number of carbonyl (C=O) groups is 1. The Labute approximate surface area is 136 Å². The van der Waals surface area contributed by atoms with Gasteiger partial charge in [0.25, 0.3) is 0 Å². The van der Waals surface area contributed by atoms with Crippen molar-refractivity contribution in [1.29, 1.82) is 0 Å². The average molecular weight is 345 g/mol. The number of hydrogen-bond donors (Lipinski definition) is 1. The Hall–Kier alpha value is -1.27. The molecule has 0 unspecified atom stereocenters. The lowest BCUT2D eigenvalue weighted by Gasteiger charge is -2.35. The highest BCUT2D eigenvalue weighted by Crippen LogP contribution is 2.27. The van der Waals surface area contributed by atoms with Crippen molar-refractivity contribution in [3.8, 4) is 0 Å².